The molecule has 28 heavy (non-hydrogen) atoms. The Balaban J connectivity index is 1.36. The van der Waals surface area contributed by atoms with E-state index in [4.69, 9.17) is 0 Å². The van der Waals surface area contributed by atoms with Crippen molar-refractivity contribution < 1.29 is 0 Å². The second-order valence-corrected chi connectivity index (χ2v) is 8.49. The largest absolute Gasteiger partial charge is 0.312 e. The van der Waals surface area contributed by atoms with Gasteiger partial charge in [0.2, 0.25) is 0 Å². The van der Waals surface area contributed by atoms with Gasteiger partial charge in [-0.05, 0) is 43.5 Å². The Morgan fingerprint density at radius 2 is 1.50 bits per heavy atom. The molecule has 2 fully saturated rings. The van der Waals surface area contributed by atoms with Crippen LogP contribution in [0.3, 0.4) is 0 Å². The zero-order valence-corrected chi connectivity index (χ0v) is 17.1. The molecule has 4 rings (SSSR count). The maximum absolute atomic E-state index is 3.93. The summed E-state index contributed by atoms with van der Waals surface area (Å²) in [5.41, 5.74) is 2.90. The minimum absolute atomic E-state index is 0.569. The lowest BCUT2D eigenvalue weighted by atomic mass is 9.85. The van der Waals surface area contributed by atoms with Crippen molar-refractivity contribution in [3.63, 3.8) is 0 Å². The van der Waals surface area contributed by atoms with E-state index < -0.39 is 0 Å². The van der Waals surface area contributed by atoms with Gasteiger partial charge in [-0.15, -0.1) is 0 Å². The third kappa shape index (κ3) is 5.44. The molecule has 2 atom stereocenters. The molecule has 3 heteroatoms. The standard InChI is InChI=1S/C25H35N3/c1-4-10-22(11-5-1)20-28-18-14-25(24(21-28)23-12-6-2-7-13-23)26-15-19-27-16-8-3-9-17-27/h1-2,4-7,10-13,24-26H,3,8-9,14-21H2/t24-,25+/m1/s1. The molecule has 0 aliphatic carbocycles. The molecule has 1 N–H and O–H groups in total. The number of hydrogen-bond donors (Lipinski definition) is 1. The molecule has 0 unspecified atom stereocenters. The van der Waals surface area contributed by atoms with Crippen molar-refractivity contribution in [3.05, 3.63) is 71.8 Å². The Bertz CT molecular complexity index is 681. The predicted molar refractivity (Wildman–Crippen MR) is 118 cm³/mol. The molecule has 2 heterocycles. The van der Waals surface area contributed by atoms with Crippen LogP contribution in [0.1, 0.15) is 42.7 Å². The predicted octanol–water partition coefficient (Wildman–Crippen LogP) is 4.12. The van der Waals surface area contributed by atoms with Crippen LogP contribution < -0.4 is 5.32 Å². The summed E-state index contributed by atoms with van der Waals surface area (Å²) in [7, 11) is 0. The summed E-state index contributed by atoms with van der Waals surface area (Å²) in [5, 5.41) is 3.93. The van der Waals surface area contributed by atoms with E-state index in [1.807, 2.05) is 0 Å². The number of hydrogen-bond acceptors (Lipinski definition) is 3. The van der Waals surface area contributed by atoms with Crippen LogP contribution in [-0.2, 0) is 6.54 Å². The highest BCUT2D eigenvalue weighted by molar-refractivity contribution is 5.23. The summed E-state index contributed by atoms with van der Waals surface area (Å²) in [4.78, 5) is 5.27. The molecule has 2 aliphatic heterocycles. The number of piperidine rings is 2. The highest BCUT2D eigenvalue weighted by atomic mass is 15.2. The molecule has 3 nitrogen and oxygen atoms in total. The lowest BCUT2D eigenvalue weighted by molar-refractivity contribution is 0.161. The Labute approximate surface area is 170 Å². The van der Waals surface area contributed by atoms with Gasteiger partial charge in [0.1, 0.15) is 0 Å². The van der Waals surface area contributed by atoms with E-state index >= 15 is 0 Å². The maximum atomic E-state index is 3.93. The Morgan fingerprint density at radius 3 is 2.25 bits per heavy atom. The normalized spacial score (nSPS) is 24.3. The topological polar surface area (TPSA) is 18.5 Å². The lowest BCUT2D eigenvalue weighted by Crippen LogP contribution is -2.49. The van der Waals surface area contributed by atoms with Gasteiger partial charge in [-0.2, -0.15) is 0 Å². The molecule has 150 valence electrons. The molecule has 0 aromatic heterocycles. The summed E-state index contributed by atoms with van der Waals surface area (Å²) in [6.45, 7) is 8.28. The number of benzene rings is 2. The first kappa shape index (κ1) is 19.6. The van der Waals surface area contributed by atoms with Crippen molar-refractivity contribution in [2.45, 2.75) is 44.2 Å². The van der Waals surface area contributed by atoms with E-state index in [1.54, 1.807) is 0 Å². The zero-order valence-electron chi connectivity index (χ0n) is 17.1. The Hall–Kier alpha value is -1.68. The summed E-state index contributed by atoms with van der Waals surface area (Å²) in [5.74, 6) is 0.569. The van der Waals surface area contributed by atoms with Gasteiger partial charge in [-0.1, -0.05) is 67.1 Å². The van der Waals surface area contributed by atoms with E-state index in [0.29, 0.717) is 12.0 Å². The van der Waals surface area contributed by atoms with Gasteiger partial charge in [0.15, 0.2) is 0 Å². The highest BCUT2D eigenvalue weighted by Gasteiger charge is 2.30. The molecule has 0 spiro atoms. The number of rotatable bonds is 7. The van der Waals surface area contributed by atoms with E-state index in [9.17, 15) is 0 Å². The average Bonchev–Trinajstić information content (AvgIpc) is 2.77. The fraction of sp³-hybridized carbons (Fsp3) is 0.520. The number of nitrogens with one attached hydrogen (secondary N) is 1. The Kier molecular flexibility index (Phi) is 7.15. The number of likely N-dealkylation sites (tertiary alicyclic amines) is 2. The Morgan fingerprint density at radius 1 is 0.786 bits per heavy atom. The van der Waals surface area contributed by atoms with E-state index in [0.717, 1.165) is 19.6 Å². The van der Waals surface area contributed by atoms with E-state index in [2.05, 4.69) is 75.8 Å². The van der Waals surface area contributed by atoms with E-state index in [-0.39, 0.29) is 0 Å². The van der Waals surface area contributed by atoms with Crippen LogP contribution in [0.15, 0.2) is 60.7 Å². The molecule has 2 aliphatic rings. The van der Waals surface area contributed by atoms with Crippen molar-refractivity contribution in [3.8, 4) is 0 Å². The van der Waals surface area contributed by atoms with Gasteiger partial charge in [0.05, 0.1) is 0 Å². The van der Waals surface area contributed by atoms with Crippen LogP contribution in [0.5, 0.6) is 0 Å². The second kappa shape index (κ2) is 10.2. The zero-order chi connectivity index (χ0) is 19.0. The summed E-state index contributed by atoms with van der Waals surface area (Å²) in [6, 6.07) is 22.6. The summed E-state index contributed by atoms with van der Waals surface area (Å²) < 4.78 is 0. The molecule has 0 saturated carbocycles. The first-order valence-corrected chi connectivity index (χ1v) is 11.2. The third-order valence-electron chi connectivity index (χ3n) is 6.46. The maximum Gasteiger partial charge on any atom is 0.0234 e. The van der Waals surface area contributed by atoms with Gasteiger partial charge in [-0.3, -0.25) is 4.90 Å². The SMILES string of the molecule is c1ccc(CN2CC[C@H](NCCN3CCCCC3)[C@@H](c3ccccc3)C2)cc1. The van der Waals surface area contributed by atoms with Gasteiger partial charge < -0.3 is 10.2 Å². The van der Waals surface area contributed by atoms with Gasteiger partial charge in [0, 0.05) is 44.7 Å². The average molecular weight is 378 g/mol. The van der Waals surface area contributed by atoms with Crippen LogP contribution in [0.2, 0.25) is 0 Å². The fourth-order valence-electron chi connectivity index (χ4n) is 4.88. The smallest absolute Gasteiger partial charge is 0.0234 e. The molecule has 2 saturated heterocycles. The molecular weight excluding hydrogens is 342 g/mol. The van der Waals surface area contributed by atoms with Crippen LogP contribution in [0.25, 0.3) is 0 Å². The van der Waals surface area contributed by atoms with Crippen LogP contribution in [0, 0.1) is 0 Å². The van der Waals surface area contributed by atoms with Gasteiger partial charge >= 0.3 is 0 Å². The first-order valence-electron chi connectivity index (χ1n) is 11.2. The molecular formula is C25H35N3. The third-order valence-corrected chi connectivity index (χ3v) is 6.46. The van der Waals surface area contributed by atoms with Crippen molar-refractivity contribution in [1.82, 2.24) is 15.1 Å². The number of nitrogens with zero attached hydrogens (tertiary/aromatic N) is 2. The second-order valence-electron chi connectivity index (χ2n) is 8.49. The van der Waals surface area contributed by atoms with Crippen molar-refractivity contribution >= 4 is 0 Å². The minimum atomic E-state index is 0.569. The van der Waals surface area contributed by atoms with Crippen LogP contribution in [-0.4, -0.2) is 55.1 Å². The van der Waals surface area contributed by atoms with Crippen molar-refractivity contribution in [2.24, 2.45) is 0 Å². The molecule has 2 aromatic carbocycles. The molecule has 0 bridgehead atoms. The van der Waals surface area contributed by atoms with Gasteiger partial charge in [0.25, 0.3) is 0 Å². The van der Waals surface area contributed by atoms with Crippen molar-refractivity contribution in [2.75, 3.05) is 39.3 Å². The molecule has 0 radical (unpaired) electrons. The molecule has 0 amide bonds. The summed E-state index contributed by atoms with van der Waals surface area (Å²) >= 11 is 0. The molecule has 2 aromatic rings. The lowest BCUT2D eigenvalue weighted by Gasteiger charge is -2.40. The van der Waals surface area contributed by atoms with Crippen LogP contribution >= 0.6 is 0 Å². The fourth-order valence-corrected chi connectivity index (χ4v) is 4.88. The van der Waals surface area contributed by atoms with E-state index in [1.165, 1.54) is 63.0 Å². The van der Waals surface area contributed by atoms with Gasteiger partial charge in [-0.25, -0.2) is 0 Å². The first-order chi connectivity index (χ1) is 13.9. The monoisotopic (exact) mass is 377 g/mol. The summed E-state index contributed by atoms with van der Waals surface area (Å²) in [6.07, 6.45) is 5.40. The highest BCUT2D eigenvalue weighted by Crippen LogP contribution is 2.28. The minimum Gasteiger partial charge on any atom is -0.312 e. The van der Waals surface area contributed by atoms with Crippen LogP contribution in [0.4, 0.5) is 0 Å². The van der Waals surface area contributed by atoms with Crippen molar-refractivity contribution in [1.29, 1.82) is 0 Å². The quantitative estimate of drug-likeness (QED) is 0.783.